The summed E-state index contributed by atoms with van der Waals surface area (Å²) in [6.07, 6.45) is -0.952. The third kappa shape index (κ3) is 3.75. The van der Waals surface area contributed by atoms with E-state index in [0.29, 0.717) is 5.56 Å². The molecule has 0 saturated carbocycles. The van der Waals surface area contributed by atoms with Crippen LogP contribution in [0.2, 0.25) is 0 Å². The number of esters is 1. The predicted molar refractivity (Wildman–Crippen MR) is 95.4 cm³/mol. The molecule has 1 amide bonds. The van der Waals surface area contributed by atoms with Gasteiger partial charge in [0, 0.05) is 37.6 Å². The van der Waals surface area contributed by atoms with Gasteiger partial charge in [-0.2, -0.15) is 5.01 Å². The quantitative estimate of drug-likeness (QED) is 0.370. The maximum absolute atomic E-state index is 12.0. The molecule has 1 heterocycles. The second kappa shape index (κ2) is 7.35. The monoisotopic (exact) mass is 385 g/mol. The highest BCUT2D eigenvalue weighted by molar-refractivity contribution is 5.99. The number of benzene rings is 2. The summed E-state index contributed by atoms with van der Waals surface area (Å²) in [5.41, 5.74) is 0.615. The van der Waals surface area contributed by atoms with Gasteiger partial charge in [0.2, 0.25) is 18.0 Å². The van der Waals surface area contributed by atoms with Crippen LogP contribution in [0.3, 0.4) is 0 Å². The molecule has 0 saturated heterocycles. The molecule has 0 spiro atoms. The minimum absolute atomic E-state index is 0.00481. The Morgan fingerprint density at radius 1 is 1.21 bits per heavy atom. The first kappa shape index (κ1) is 18.8. The number of amides is 1. The molecule has 0 radical (unpaired) electrons. The normalized spacial score (nSPS) is 15.6. The number of rotatable bonds is 4. The Bertz CT molecular complexity index is 985. The first-order valence-corrected chi connectivity index (χ1v) is 8.07. The first-order valence-electron chi connectivity index (χ1n) is 8.07. The smallest absolute Gasteiger partial charge is 0.308 e. The van der Waals surface area contributed by atoms with E-state index in [9.17, 15) is 24.8 Å². The molecule has 0 aromatic heterocycles. The lowest BCUT2D eigenvalue weighted by molar-refractivity contribution is -0.384. The fourth-order valence-electron chi connectivity index (χ4n) is 2.58. The number of nitro benzene ring substituents is 1. The first-order chi connectivity index (χ1) is 13.3. The van der Waals surface area contributed by atoms with Crippen molar-refractivity contribution in [3.05, 3.63) is 63.7 Å². The fraction of sp³-hybridized carbons (Fsp3) is 0.167. The van der Waals surface area contributed by atoms with Gasteiger partial charge in [0.15, 0.2) is 0 Å². The van der Waals surface area contributed by atoms with E-state index in [-0.39, 0.29) is 28.6 Å². The van der Waals surface area contributed by atoms with Crippen LogP contribution in [0.25, 0.3) is 0 Å². The van der Waals surface area contributed by atoms with Crippen molar-refractivity contribution in [2.75, 3.05) is 0 Å². The van der Waals surface area contributed by atoms with Gasteiger partial charge in [-0.15, -0.1) is 5.10 Å². The largest absolute Gasteiger partial charge is 0.508 e. The Balaban J connectivity index is 1.97. The van der Waals surface area contributed by atoms with Crippen molar-refractivity contribution >= 4 is 23.5 Å². The highest BCUT2D eigenvalue weighted by atomic mass is 16.6. The van der Waals surface area contributed by atoms with Crippen LogP contribution >= 0.6 is 0 Å². The standard InChI is InChI=1S/C18H15N3O7/c1-10(22)20-18(12-3-5-13(6-4-12)21(25)26)28-17(19-20)15-8-7-14(24)9-16(15)27-11(2)23/h3-9,18,24H,1-2H3. The maximum atomic E-state index is 12.0. The van der Waals surface area contributed by atoms with E-state index in [2.05, 4.69) is 5.10 Å². The fourth-order valence-corrected chi connectivity index (χ4v) is 2.58. The minimum atomic E-state index is -0.952. The zero-order valence-electron chi connectivity index (χ0n) is 14.9. The van der Waals surface area contributed by atoms with Gasteiger partial charge in [-0.3, -0.25) is 19.7 Å². The van der Waals surface area contributed by atoms with Crippen LogP contribution in [-0.2, 0) is 14.3 Å². The lowest BCUT2D eigenvalue weighted by Gasteiger charge is -2.19. The number of hydrogen-bond acceptors (Lipinski definition) is 8. The van der Waals surface area contributed by atoms with Crippen LogP contribution in [0.1, 0.15) is 31.2 Å². The van der Waals surface area contributed by atoms with E-state index in [0.717, 1.165) is 5.01 Å². The molecular weight excluding hydrogens is 370 g/mol. The van der Waals surface area contributed by atoms with E-state index < -0.39 is 23.0 Å². The third-order valence-corrected chi connectivity index (χ3v) is 3.80. The number of carbonyl (C=O) groups excluding carboxylic acids is 2. The summed E-state index contributed by atoms with van der Waals surface area (Å²) in [6.45, 7) is 2.49. The second-order valence-corrected chi connectivity index (χ2v) is 5.86. The summed E-state index contributed by atoms with van der Waals surface area (Å²) in [7, 11) is 0. The SMILES string of the molecule is CC(=O)Oc1cc(O)ccc1C1=NN(C(C)=O)C(c2ccc([N+](=O)[O-])cc2)O1. The van der Waals surface area contributed by atoms with E-state index in [1.165, 1.54) is 56.3 Å². The Labute approximate surface area is 158 Å². The zero-order chi connectivity index (χ0) is 20.4. The van der Waals surface area contributed by atoms with Gasteiger partial charge in [0.05, 0.1) is 10.5 Å². The highest BCUT2D eigenvalue weighted by Crippen LogP contribution is 2.34. The molecule has 28 heavy (non-hydrogen) atoms. The van der Waals surface area contributed by atoms with Gasteiger partial charge in [-0.1, -0.05) is 0 Å². The number of hydrazone groups is 1. The predicted octanol–water partition coefficient (Wildman–Crippen LogP) is 2.46. The summed E-state index contributed by atoms with van der Waals surface area (Å²) >= 11 is 0. The zero-order valence-corrected chi connectivity index (χ0v) is 14.9. The summed E-state index contributed by atoms with van der Waals surface area (Å²) in [5, 5.41) is 25.7. The number of phenols is 1. The number of nitro groups is 1. The van der Waals surface area contributed by atoms with E-state index in [1.807, 2.05) is 0 Å². The molecular formula is C18H15N3O7. The van der Waals surface area contributed by atoms with Crippen molar-refractivity contribution in [3.63, 3.8) is 0 Å². The van der Waals surface area contributed by atoms with E-state index in [1.54, 1.807) is 0 Å². The van der Waals surface area contributed by atoms with Gasteiger partial charge < -0.3 is 14.6 Å². The van der Waals surface area contributed by atoms with Crippen molar-refractivity contribution in [2.24, 2.45) is 5.10 Å². The molecule has 0 fully saturated rings. The van der Waals surface area contributed by atoms with Gasteiger partial charge in [-0.05, 0) is 24.3 Å². The van der Waals surface area contributed by atoms with Crippen molar-refractivity contribution in [1.82, 2.24) is 5.01 Å². The van der Waals surface area contributed by atoms with E-state index in [4.69, 9.17) is 9.47 Å². The lowest BCUT2D eigenvalue weighted by atomic mass is 10.1. The van der Waals surface area contributed by atoms with Crippen LogP contribution in [0, 0.1) is 10.1 Å². The average Bonchev–Trinajstić information content (AvgIpc) is 3.07. The van der Waals surface area contributed by atoms with E-state index >= 15 is 0 Å². The summed E-state index contributed by atoms with van der Waals surface area (Å²) in [5.74, 6) is -1.16. The molecule has 1 aliphatic rings. The van der Waals surface area contributed by atoms with Gasteiger partial charge in [-0.25, -0.2) is 0 Å². The number of phenolic OH excluding ortho intramolecular Hbond substituents is 1. The Hall–Kier alpha value is -3.95. The van der Waals surface area contributed by atoms with Crippen molar-refractivity contribution in [1.29, 1.82) is 0 Å². The molecule has 2 aromatic rings. The molecule has 144 valence electrons. The third-order valence-electron chi connectivity index (χ3n) is 3.80. The van der Waals surface area contributed by atoms with Crippen LogP contribution in [0.5, 0.6) is 11.5 Å². The Kier molecular flexibility index (Phi) is 4.94. The van der Waals surface area contributed by atoms with Crippen molar-refractivity contribution in [2.45, 2.75) is 20.1 Å². The van der Waals surface area contributed by atoms with Crippen LogP contribution < -0.4 is 4.74 Å². The number of hydrogen-bond donors (Lipinski definition) is 1. The number of non-ortho nitro benzene ring substituents is 1. The molecule has 3 rings (SSSR count). The molecule has 10 nitrogen and oxygen atoms in total. The van der Waals surface area contributed by atoms with Crippen LogP contribution in [0.15, 0.2) is 47.6 Å². The maximum Gasteiger partial charge on any atom is 0.308 e. The molecule has 0 aliphatic carbocycles. The molecule has 1 unspecified atom stereocenters. The minimum Gasteiger partial charge on any atom is -0.508 e. The molecule has 0 bridgehead atoms. The van der Waals surface area contributed by atoms with Gasteiger partial charge >= 0.3 is 5.97 Å². The van der Waals surface area contributed by atoms with Crippen molar-refractivity contribution < 1.29 is 29.1 Å². The summed E-state index contributed by atoms with van der Waals surface area (Å²) < 4.78 is 10.9. The molecule has 1 N–H and O–H groups in total. The summed E-state index contributed by atoms with van der Waals surface area (Å²) in [6, 6.07) is 9.51. The average molecular weight is 385 g/mol. The molecule has 10 heteroatoms. The number of nitrogens with zero attached hydrogens (tertiary/aromatic N) is 3. The number of aromatic hydroxyl groups is 1. The van der Waals surface area contributed by atoms with Crippen molar-refractivity contribution in [3.8, 4) is 11.5 Å². The van der Waals surface area contributed by atoms with Crippen LogP contribution in [-0.4, -0.2) is 32.8 Å². The van der Waals surface area contributed by atoms with Gasteiger partial charge in [0.1, 0.15) is 11.5 Å². The summed E-state index contributed by atoms with van der Waals surface area (Å²) in [4.78, 5) is 33.6. The Morgan fingerprint density at radius 3 is 2.46 bits per heavy atom. The van der Waals surface area contributed by atoms with Gasteiger partial charge in [0.25, 0.3) is 5.69 Å². The molecule has 1 atom stereocenters. The second-order valence-electron chi connectivity index (χ2n) is 5.86. The number of ether oxygens (including phenoxy) is 2. The molecule has 1 aliphatic heterocycles. The van der Waals surface area contributed by atoms with Crippen LogP contribution in [0.4, 0.5) is 5.69 Å². The topological polar surface area (TPSA) is 132 Å². The Morgan fingerprint density at radius 2 is 1.89 bits per heavy atom. The molecule has 2 aromatic carbocycles. The lowest BCUT2D eigenvalue weighted by Crippen LogP contribution is -2.25. The highest BCUT2D eigenvalue weighted by Gasteiger charge is 2.34. The number of carbonyl (C=O) groups is 2.